The van der Waals surface area contributed by atoms with Gasteiger partial charge in [0.15, 0.2) is 11.5 Å². The summed E-state index contributed by atoms with van der Waals surface area (Å²) in [6.45, 7) is 17.0. The maximum Gasteiger partial charge on any atom is 0.513 e. The number of rotatable bonds is 16. The normalized spacial score (nSPS) is 15.4. The predicted octanol–water partition coefficient (Wildman–Crippen LogP) is 5.83. The van der Waals surface area contributed by atoms with Gasteiger partial charge in [-0.15, -0.1) is 0 Å². The highest BCUT2D eigenvalue weighted by molar-refractivity contribution is 5.76. The van der Waals surface area contributed by atoms with Crippen molar-refractivity contribution in [1.82, 2.24) is 0 Å². The Balaban J connectivity index is 2.95. The highest BCUT2D eigenvalue weighted by Crippen LogP contribution is 2.30. The van der Waals surface area contributed by atoms with E-state index in [-0.39, 0.29) is 60.8 Å². The number of carbonyl (C=O) groups excluding carboxylic acids is 4. The van der Waals surface area contributed by atoms with Crippen LogP contribution in [0.5, 0.6) is 11.5 Å². The molecule has 0 aliphatic carbocycles. The van der Waals surface area contributed by atoms with Crippen LogP contribution in [-0.2, 0) is 35.0 Å². The average molecular weight is 596 g/mol. The lowest BCUT2D eigenvalue weighted by Gasteiger charge is -2.24. The molecular weight excluding hydrogens is 546 g/mol. The van der Waals surface area contributed by atoms with Gasteiger partial charge in [0.25, 0.3) is 0 Å². The van der Waals surface area contributed by atoms with E-state index >= 15 is 0 Å². The monoisotopic (exact) mass is 595 g/mol. The first-order chi connectivity index (χ1) is 19.7. The highest BCUT2D eigenvalue weighted by atomic mass is 16.7. The maximum absolute atomic E-state index is 12.7. The summed E-state index contributed by atoms with van der Waals surface area (Å²) in [7, 11) is 0. The molecule has 1 aromatic rings. The van der Waals surface area contributed by atoms with Gasteiger partial charge in [-0.1, -0.05) is 67.4 Å². The van der Waals surface area contributed by atoms with Crippen LogP contribution in [0.4, 0.5) is 9.59 Å². The average Bonchev–Trinajstić information content (AvgIpc) is 2.94. The van der Waals surface area contributed by atoms with Gasteiger partial charge in [-0.05, 0) is 55.7 Å². The molecule has 238 valence electrons. The van der Waals surface area contributed by atoms with Crippen molar-refractivity contribution in [2.75, 3.05) is 13.2 Å². The number of hydrogen-bond acceptors (Lipinski definition) is 11. The molecule has 0 saturated heterocycles. The summed E-state index contributed by atoms with van der Waals surface area (Å²) in [5.41, 5.74) is 6.62. The van der Waals surface area contributed by atoms with E-state index in [2.05, 4.69) is 0 Å². The summed E-state index contributed by atoms with van der Waals surface area (Å²) >= 11 is 0. The molecule has 2 N–H and O–H groups in total. The third-order valence-electron chi connectivity index (χ3n) is 7.16. The molecule has 42 heavy (non-hydrogen) atoms. The Bertz CT molecular complexity index is 1030. The number of hydrogen-bond donors (Lipinski definition) is 1. The van der Waals surface area contributed by atoms with Gasteiger partial charge >= 0.3 is 24.2 Å². The van der Waals surface area contributed by atoms with Crippen molar-refractivity contribution in [1.29, 1.82) is 0 Å². The summed E-state index contributed by atoms with van der Waals surface area (Å²) in [5, 5.41) is 0. The number of ether oxygens (including phenoxy) is 6. The fourth-order valence-electron chi connectivity index (χ4n) is 3.10. The van der Waals surface area contributed by atoms with Crippen molar-refractivity contribution in [2.45, 2.75) is 99.8 Å². The van der Waals surface area contributed by atoms with E-state index in [4.69, 9.17) is 34.2 Å². The molecule has 0 aliphatic rings. The second-order valence-corrected chi connectivity index (χ2v) is 11.3. The molecule has 0 heterocycles. The minimum atomic E-state index is -1.08. The molecule has 0 aliphatic heterocycles. The molecule has 0 saturated carbocycles. The van der Waals surface area contributed by atoms with Crippen molar-refractivity contribution < 1.29 is 47.6 Å². The summed E-state index contributed by atoms with van der Waals surface area (Å²) in [4.78, 5) is 49.6. The van der Waals surface area contributed by atoms with Crippen molar-refractivity contribution in [3.63, 3.8) is 0 Å². The first-order valence-corrected chi connectivity index (χ1v) is 14.7. The molecule has 1 aromatic carbocycles. The SMILES string of the molecule is CCC(C)COC(=O)Oc1ccc(C[C@H](N)C(=O)O[C@@H](C)[C@H](C)OC(=O)C(C)C(C)C)cc1OC(=O)OCC(C)CC. The largest absolute Gasteiger partial charge is 0.513 e. The smallest absolute Gasteiger partial charge is 0.459 e. The fourth-order valence-corrected chi connectivity index (χ4v) is 3.10. The standard InChI is InChI=1S/C31H49NO10/c1-10-19(5)16-37-30(35)41-26-13-12-24(15-27(26)42-31(36)38-17-20(6)11-2)14-25(32)29(34)40-23(9)22(8)39-28(33)21(7)18(3)4/h12-13,15,18-23,25H,10-11,14,16-17,32H2,1-9H3/t19?,20?,21?,22-,23-,25-/m0/s1. The Hall–Kier alpha value is -3.34. The molecule has 11 heteroatoms. The first-order valence-electron chi connectivity index (χ1n) is 14.7. The number of esters is 2. The zero-order valence-corrected chi connectivity index (χ0v) is 26.5. The second-order valence-electron chi connectivity index (χ2n) is 11.3. The molecule has 0 amide bonds. The quantitative estimate of drug-likeness (QED) is 0.140. The maximum atomic E-state index is 12.7. The zero-order chi connectivity index (χ0) is 32.0. The van der Waals surface area contributed by atoms with Crippen LogP contribution in [0.1, 0.15) is 80.7 Å². The van der Waals surface area contributed by atoms with E-state index in [9.17, 15) is 19.2 Å². The van der Waals surface area contributed by atoms with E-state index in [0.717, 1.165) is 12.8 Å². The lowest BCUT2D eigenvalue weighted by molar-refractivity contribution is -0.169. The van der Waals surface area contributed by atoms with Crippen LogP contribution in [0.3, 0.4) is 0 Å². The molecule has 0 spiro atoms. The number of benzene rings is 1. The van der Waals surface area contributed by atoms with Crippen LogP contribution >= 0.6 is 0 Å². The van der Waals surface area contributed by atoms with Crippen LogP contribution in [0.2, 0.25) is 0 Å². The minimum Gasteiger partial charge on any atom is -0.459 e. The Morgan fingerprint density at radius 3 is 1.67 bits per heavy atom. The Labute approximate surface area is 249 Å². The van der Waals surface area contributed by atoms with Gasteiger partial charge in [0, 0.05) is 0 Å². The third kappa shape index (κ3) is 13.1. The van der Waals surface area contributed by atoms with Gasteiger partial charge in [0.05, 0.1) is 19.1 Å². The van der Waals surface area contributed by atoms with Crippen LogP contribution in [0.25, 0.3) is 0 Å². The first kappa shape index (κ1) is 36.7. The van der Waals surface area contributed by atoms with E-state index in [1.54, 1.807) is 26.8 Å². The molecule has 3 unspecified atom stereocenters. The number of carbonyl (C=O) groups is 4. The fraction of sp³-hybridized carbons (Fsp3) is 0.677. The molecule has 0 radical (unpaired) electrons. The van der Waals surface area contributed by atoms with Gasteiger partial charge in [0.1, 0.15) is 18.2 Å². The van der Waals surface area contributed by atoms with Crippen LogP contribution in [-0.4, -0.2) is 55.7 Å². The predicted molar refractivity (Wildman–Crippen MR) is 156 cm³/mol. The van der Waals surface area contributed by atoms with Crippen molar-refractivity contribution in [3.05, 3.63) is 23.8 Å². The van der Waals surface area contributed by atoms with Gasteiger partial charge < -0.3 is 34.2 Å². The zero-order valence-electron chi connectivity index (χ0n) is 26.5. The topological polar surface area (TPSA) is 150 Å². The van der Waals surface area contributed by atoms with Crippen molar-refractivity contribution >= 4 is 24.2 Å². The third-order valence-corrected chi connectivity index (χ3v) is 7.16. The Morgan fingerprint density at radius 2 is 1.19 bits per heavy atom. The lowest BCUT2D eigenvalue weighted by atomic mass is 9.98. The van der Waals surface area contributed by atoms with Gasteiger partial charge in [-0.3, -0.25) is 9.59 Å². The molecule has 0 fully saturated rings. The van der Waals surface area contributed by atoms with Crippen molar-refractivity contribution in [3.8, 4) is 11.5 Å². The molecular formula is C31H49NO10. The Kier molecular flexibility index (Phi) is 15.9. The van der Waals surface area contributed by atoms with Crippen molar-refractivity contribution in [2.24, 2.45) is 29.4 Å². The van der Waals surface area contributed by atoms with Crippen LogP contribution in [0, 0.1) is 23.7 Å². The van der Waals surface area contributed by atoms with Gasteiger partial charge in [-0.25, -0.2) is 9.59 Å². The Morgan fingerprint density at radius 1 is 0.714 bits per heavy atom. The molecule has 6 atom stereocenters. The number of nitrogens with two attached hydrogens (primary N) is 1. The summed E-state index contributed by atoms with van der Waals surface area (Å²) < 4.78 is 31.8. The van der Waals surface area contributed by atoms with E-state index in [1.807, 2.05) is 41.5 Å². The summed E-state index contributed by atoms with van der Waals surface area (Å²) in [6.07, 6.45) is -1.69. The molecule has 0 aromatic heterocycles. The summed E-state index contributed by atoms with van der Waals surface area (Å²) in [5.74, 6) is -1.15. The molecule has 0 bridgehead atoms. The van der Waals surface area contributed by atoms with Gasteiger partial charge in [-0.2, -0.15) is 0 Å². The van der Waals surface area contributed by atoms with E-state index < -0.39 is 36.5 Å². The van der Waals surface area contributed by atoms with Gasteiger partial charge in [0.2, 0.25) is 0 Å². The molecule has 11 nitrogen and oxygen atoms in total. The molecule has 1 rings (SSSR count). The highest BCUT2D eigenvalue weighted by Gasteiger charge is 2.27. The van der Waals surface area contributed by atoms with Crippen LogP contribution < -0.4 is 15.2 Å². The second kappa shape index (κ2) is 18.3. The van der Waals surface area contributed by atoms with Crippen LogP contribution in [0.15, 0.2) is 18.2 Å². The van der Waals surface area contributed by atoms with E-state index in [1.165, 1.54) is 12.1 Å². The van der Waals surface area contributed by atoms with E-state index in [0.29, 0.717) is 5.56 Å². The summed E-state index contributed by atoms with van der Waals surface area (Å²) in [6, 6.07) is 3.33. The minimum absolute atomic E-state index is 0.0150. The lowest BCUT2D eigenvalue weighted by Crippen LogP contribution is -2.40.